The zero-order valence-electron chi connectivity index (χ0n) is 13.6. The van der Waals surface area contributed by atoms with E-state index in [-0.39, 0.29) is 5.91 Å². The average molecular weight is 303 g/mol. The number of nitrogens with one attached hydrogen (secondary N) is 1. The number of morpholine rings is 1. The van der Waals surface area contributed by atoms with E-state index in [1.165, 1.54) is 0 Å². The summed E-state index contributed by atoms with van der Waals surface area (Å²) in [4.78, 5) is 16.2. The first kappa shape index (κ1) is 15.5. The molecule has 3 rings (SSSR count). The Labute approximate surface area is 133 Å². The summed E-state index contributed by atoms with van der Waals surface area (Å²) in [5.41, 5.74) is 0.807. The molecule has 1 N–H and O–H groups in total. The fraction of sp³-hybridized carbons (Fsp3) is 0.611. The van der Waals surface area contributed by atoms with Gasteiger partial charge in [-0.3, -0.25) is 4.79 Å². The fourth-order valence-electron chi connectivity index (χ4n) is 3.90. The van der Waals surface area contributed by atoms with Crippen molar-refractivity contribution in [3.63, 3.8) is 0 Å². The Kier molecular flexibility index (Phi) is 4.79. The Hall–Kier alpha value is -1.39. The van der Waals surface area contributed by atoms with Crippen LogP contribution >= 0.6 is 0 Å². The number of carbonyl (C=O) groups is 1. The van der Waals surface area contributed by atoms with Gasteiger partial charge in [0.05, 0.1) is 6.04 Å². The normalized spacial score (nSPS) is 30.3. The van der Waals surface area contributed by atoms with Gasteiger partial charge in [0.1, 0.15) is 25.3 Å². The van der Waals surface area contributed by atoms with Crippen LogP contribution in [0.25, 0.3) is 0 Å². The van der Waals surface area contributed by atoms with E-state index in [1.54, 1.807) is 4.90 Å². The van der Waals surface area contributed by atoms with E-state index >= 15 is 0 Å². The number of piperidine rings is 1. The van der Waals surface area contributed by atoms with Gasteiger partial charge in [0.15, 0.2) is 0 Å². The van der Waals surface area contributed by atoms with Crippen molar-refractivity contribution in [2.24, 2.45) is 0 Å². The lowest BCUT2D eigenvalue weighted by molar-refractivity contribution is -0.940. The summed E-state index contributed by atoms with van der Waals surface area (Å²) < 4.78 is 5.84. The van der Waals surface area contributed by atoms with Crippen molar-refractivity contribution in [1.29, 1.82) is 0 Å². The molecule has 2 aliphatic rings. The van der Waals surface area contributed by atoms with Crippen molar-refractivity contribution in [2.45, 2.75) is 44.9 Å². The SMILES string of the molecule is C[C@H]1C[NH+](C2CCN(C(=O)c3ccccc3)CC2)C[C@H](C)O1. The van der Waals surface area contributed by atoms with Crippen molar-refractivity contribution in [3.05, 3.63) is 35.9 Å². The van der Waals surface area contributed by atoms with E-state index in [0.29, 0.717) is 18.2 Å². The van der Waals surface area contributed by atoms with E-state index in [0.717, 1.165) is 44.6 Å². The van der Waals surface area contributed by atoms with Gasteiger partial charge in [0.2, 0.25) is 0 Å². The van der Waals surface area contributed by atoms with Gasteiger partial charge in [0, 0.05) is 31.5 Å². The van der Waals surface area contributed by atoms with Crippen LogP contribution in [0, 0.1) is 0 Å². The van der Waals surface area contributed by atoms with Crippen molar-refractivity contribution >= 4 is 5.91 Å². The number of ether oxygens (including phenoxy) is 1. The molecule has 2 saturated heterocycles. The third-order valence-corrected chi connectivity index (χ3v) is 4.94. The van der Waals surface area contributed by atoms with Gasteiger partial charge in [-0.15, -0.1) is 0 Å². The second-order valence-corrected chi connectivity index (χ2v) is 6.76. The van der Waals surface area contributed by atoms with Crippen molar-refractivity contribution in [3.8, 4) is 0 Å². The standard InChI is InChI=1S/C18H26N2O2/c1-14-12-20(13-15(2)22-14)17-8-10-19(11-9-17)18(21)16-6-4-3-5-7-16/h3-7,14-15,17H,8-13H2,1-2H3/p+1/t14-,15-/m0/s1. The number of likely N-dealkylation sites (tertiary alicyclic amines) is 1. The van der Waals surface area contributed by atoms with E-state index in [9.17, 15) is 4.79 Å². The van der Waals surface area contributed by atoms with Crippen molar-refractivity contribution < 1.29 is 14.4 Å². The van der Waals surface area contributed by atoms with E-state index < -0.39 is 0 Å². The van der Waals surface area contributed by atoms with Crippen LogP contribution in [0.1, 0.15) is 37.0 Å². The summed E-state index contributed by atoms with van der Waals surface area (Å²) in [6.07, 6.45) is 2.91. The van der Waals surface area contributed by atoms with Crippen LogP contribution < -0.4 is 4.90 Å². The molecule has 2 aliphatic heterocycles. The van der Waals surface area contributed by atoms with Gasteiger partial charge in [-0.2, -0.15) is 0 Å². The van der Waals surface area contributed by atoms with Gasteiger partial charge in [0.25, 0.3) is 5.91 Å². The lowest BCUT2D eigenvalue weighted by atomic mass is 10.0. The molecule has 2 atom stereocenters. The number of benzene rings is 1. The molecule has 2 heterocycles. The molecule has 1 amide bonds. The van der Waals surface area contributed by atoms with Crippen LogP contribution in [0.15, 0.2) is 30.3 Å². The maximum atomic E-state index is 12.5. The number of hydrogen-bond acceptors (Lipinski definition) is 2. The summed E-state index contributed by atoms with van der Waals surface area (Å²) in [6.45, 7) is 8.30. The summed E-state index contributed by atoms with van der Waals surface area (Å²) in [5.74, 6) is 0.178. The van der Waals surface area contributed by atoms with Crippen molar-refractivity contribution in [2.75, 3.05) is 26.2 Å². The highest BCUT2D eigenvalue weighted by atomic mass is 16.5. The topological polar surface area (TPSA) is 34.0 Å². The van der Waals surface area contributed by atoms with Gasteiger partial charge in [-0.25, -0.2) is 0 Å². The minimum Gasteiger partial charge on any atom is -0.364 e. The van der Waals surface area contributed by atoms with E-state index in [2.05, 4.69) is 13.8 Å². The third kappa shape index (κ3) is 3.50. The Morgan fingerprint density at radius 2 is 1.68 bits per heavy atom. The largest absolute Gasteiger partial charge is 0.364 e. The Morgan fingerprint density at radius 1 is 1.09 bits per heavy atom. The molecule has 0 radical (unpaired) electrons. The summed E-state index contributed by atoms with van der Waals surface area (Å²) in [5, 5.41) is 0. The highest BCUT2D eigenvalue weighted by Gasteiger charge is 2.34. The molecular formula is C18H27N2O2+. The van der Waals surface area contributed by atoms with Gasteiger partial charge in [-0.05, 0) is 26.0 Å². The van der Waals surface area contributed by atoms with Crippen molar-refractivity contribution in [1.82, 2.24) is 4.90 Å². The molecule has 0 saturated carbocycles. The third-order valence-electron chi connectivity index (χ3n) is 4.94. The Bertz CT molecular complexity index is 487. The molecule has 2 fully saturated rings. The molecule has 4 heteroatoms. The minimum absolute atomic E-state index is 0.178. The predicted molar refractivity (Wildman–Crippen MR) is 86.1 cm³/mol. The molecule has 1 aromatic rings. The molecule has 0 aromatic heterocycles. The second-order valence-electron chi connectivity index (χ2n) is 6.76. The second kappa shape index (κ2) is 6.80. The number of hydrogen-bond donors (Lipinski definition) is 1. The van der Waals surface area contributed by atoms with Gasteiger partial charge in [-0.1, -0.05) is 18.2 Å². The molecule has 0 unspecified atom stereocenters. The van der Waals surface area contributed by atoms with Crippen LogP contribution in [0.5, 0.6) is 0 Å². The number of rotatable bonds is 2. The molecule has 1 aromatic carbocycles. The Morgan fingerprint density at radius 3 is 2.27 bits per heavy atom. The number of quaternary nitrogens is 1. The summed E-state index contributed by atoms with van der Waals surface area (Å²) in [7, 11) is 0. The molecule has 0 bridgehead atoms. The lowest BCUT2D eigenvalue weighted by Gasteiger charge is -2.41. The van der Waals surface area contributed by atoms with Gasteiger partial charge < -0.3 is 14.5 Å². The van der Waals surface area contributed by atoms with Gasteiger partial charge >= 0.3 is 0 Å². The van der Waals surface area contributed by atoms with E-state index in [1.807, 2.05) is 35.2 Å². The van der Waals surface area contributed by atoms with E-state index in [4.69, 9.17) is 4.74 Å². The van der Waals surface area contributed by atoms with Crippen LogP contribution in [0.3, 0.4) is 0 Å². The first-order chi connectivity index (χ1) is 10.6. The molecule has 120 valence electrons. The molecule has 0 aliphatic carbocycles. The summed E-state index contributed by atoms with van der Waals surface area (Å²) >= 11 is 0. The first-order valence-electron chi connectivity index (χ1n) is 8.48. The smallest absolute Gasteiger partial charge is 0.253 e. The first-order valence-corrected chi connectivity index (χ1v) is 8.48. The van der Waals surface area contributed by atoms with Crippen LogP contribution in [0.4, 0.5) is 0 Å². The molecule has 22 heavy (non-hydrogen) atoms. The van der Waals surface area contributed by atoms with Crippen LogP contribution in [-0.4, -0.2) is 55.2 Å². The minimum atomic E-state index is 0.178. The highest BCUT2D eigenvalue weighted by molar-refractivity contribution is 5.94. The lowest BCUT2D eigenvalue weighted by Crippen LogP contribution is -3.19. The maximum Gasteiger partial charge on any atom is 0.253 e. The molecule has 0 spiro atoms. The monoisotopic (exact) mass is 303 g/mol. The maximum absolute atomic E-state index is 12.5. The average Bonchev–Trinajstić information content (AvgIpc) is 2.54. The molecule has 4 nitrogen and oxygen atoms in total. The fourth-order valence-corrected chi connectivity index (χ4v) is 3.90. The number of amides is 1. The predicted octanol–water partition coefficient (Wildman–Crippen LogP) is 0.983. The van der Waals surface area contributed by atoms with Crippen LogP contribution in [-0.2, 0) is 4.74 Å². The zero-order chi connectivity index (χ0) is 15.5. The zero-order valence-corrected chi connectivity index (χ0v) is 13.6. The quantitative estimate of drug-likeness (QED) is 0.884. The Balaban J connectivity index is 1.55. The number of nitrogens with zero attached hydrogens (tertiary/aromatic N) is 1. The summed E-state index contributed by atoms with van der Waals surface area (Å²) in [6, 6.07) is 10.3. The number of carbonyl (C=O) groups excluding carboxylic acids is 1. The highest BCUT2D eigenvalue weighted by Crippen LogP contribution is 2.13. The molecular weight excluding hydrogens is 276 g/mol. The van der Waals surface area contributed by atoms with Crippen LogP contribution in [0.2, 0.25) is 0 Å².